The highest BCUT2D eigenvalue weighted by Gasteiger charge is 2.15. The summed E-state index contributed by atoms with van der Waals surface area (Å²) in [5.74, 6) is -0.441. The third-order valence-corrected chi connectivity index (χ3v) is 2.58. The third-order valence-electron chi connectivity index (χ3n) is 2.58. The van der Waals surface area contributed by atoms with E-state index in [0.717, 1.165) is 12.0 Å². The lowest BCUT2D eigenvalue weighted by Crippen LogP contribution is -2.05. The van der Waals surface area contributed by atoms with E-state index in [-0.39, 0.29) is 0 Å². The van der Waals surface area contributed by atoms with Gasteiger partial charge in [-0.2, -0.15) is 0 Å². The van der Waals surface area contributed by atoms with Crippen LogP contribution in [-0.2, 0) is 11.2 Å². The molecule has 0 aliphatic carbocycles. The molecule has 0 aliphatic rings. The van der Waals surface area contributed by atoms with Gasteiger partial charge in [0.15, 0.2) is 0 Å². The summed E-state index contributed by atoms with van der Waals surface area (Å²) in [6.45, 7) is 6.02. The Bertz CT molecular complexity index is 368. The van der Waals surface area contributed by atoms with Crippen LogP contribution in [-0.4, -0.2) is 5.91 Å². The molecule has 0 fully saturated rings. The predicted octanol–water partition coefficient (Wildman–Crippen LogP) is 3.28. The average molecular weight is 219 g/mol. The third kappa shape index (κ3) is 3.26. The molecule has 16 heavy (non-hydrogen) atoms. The van der Waals surface area contributed by atoms with E-state index in [9.17, 15) is 9.70 Å². The topological polar surface area (TPSA) is 46.5 Å². The Balaban J connectivity index is 2.78. The van der Waals surface area contributed by atoms with Gasteiger partial charge in [0.05, 0.1) is 5.92 Å². The summed E-state index contributed by atoms with van der Waals surface area (Å²) in [6, 6.07) is 7.80. The van der Waals surface area contributed by atoms with Crippen LogP contribution in [0.15, 0.2) is 29.4 Å². The molecule has 0 bridgehead atoms. The molecule has 0 aliphatic heterocycles. The first-order valence-corrected chi connectivity index (χ1v) is 5.50. The van der Waals surface area contributed by atoms with Crippen LogP contribution in [0.3, 0.4) is 0 Å². The van der Waals surface area contributed by atoms with E-state index in [1.165, 1.54) is 5.56 Å². The number of hydrogen-bond acceptors (Lipinski definition) is 2. The molecular weight excluding hydrogens is 202 g/mol. The zero-order chi connectivity index (χ0) is 12.1. The summed E-state index contributed by atoms with van der Waals surface area (Å²) >= 11 is 0. The van der Waals surface area contributed by atoms with Gasteiger partial charge in [0.25, 0.3) is 5.91 Å². The Kier molecular flexibility index (Phi) is 4.35. The Morgan fingerprint density at radius 2 is 1.75 bits per heavy atom. The number of benzene rings is 1. The first-order chi connectivity index (χ1) is 7.54. The zero-order valence-electron chi connectivity index (χ0n) is 9.93. The lowest BCUT2D eigenvalue weighted by molar-refractivity contribution is -0.119. The van der Waals surface area contributed by atoms with Crippen LogP contribution in [0.25, 0.3) is 0 Å². The molecule has 0 unspecified atom stereocenters. The van der Waals surface area contributed by atoms with Crippen molar-refractivity contribution in [1.29, 1.82) is 0 Å². The predicted molar refractivity (Wildman–Crippen MR) is 64.2 cm³/mol. The Morgan fingerprint density at radius 1 is 1.19 bits per heavy atom. The molecule has 1 amide bonds. The van der Waals surface area contributed by atoms with Gasteiger partial charge in [-0.3, -0.25) is 4.79 Å². The van der Waals surface area contributed by atoms with E-state index < -0.39 is 11.8 Å². The van der Waals surface area contributed by atoms with Crippen molar-refractivity contribution in [3.8, 4) is 0 Å². The smallest absolute Gasteiger partial charge is 0.268 e. The lowest BCUT2D eigenvalue weighted by Gasteiger charge is -2.08. The van der Waals surface area contributed by atoms with Crippen LogP contribution < -0.4 is 0 Å². The number of carbonyl (C=O) groups is 1. The van der Waals surface area contributed by atoms with E-state index in [4.69, 9.17) is 0 Å². The number of amides is 1. The number of nitroso groups, excluding NO2 is 1. The van der Waals surface area contributed by atoms with Crippen molar-refractivity contribution in [3.63, 3.8) is 0 Å². The quantitative estimate of drug-likeness (QED) is 0.729. The minimum atomic E-state index is -0.614. The molecule has 3 nitrogen and oxygen atoms in total. The van der Waals surface area contributed by atoms with Gasteiger partial charge >= 0.3 is 0 Å². The maximum Gasteiger partial charge on any atom is 0.293 e. The highest BCUT2D eigenvalue weighted by atomic mass is 16.3. The second-order valence-electron chi connectivity index (χ2n) is 4.49. The van der Waals surface area contributed by atoms with E-state index >= 15 is 0 Å². The molecule has 0 heterocycles. The normalized spacial score (nSPS) is 12.5. The van der Waals surface area contributed by atoms with Gasteiger partial charge in [0.1, 0.15) is 0 Å². The summed E-state index contributed by atoms with van der Waals surface area (Å²) in [5.41, 5.74) is 2.09. The molecular formula is C13H17NO2. The van der Waals surface area contributed by atoms with Crippen LogP contribution in [0.4, 0.5) is 0 Å². The maximum atomic E-state index is 11.1. The van der Waals surface area contributed by atoms with E-state index in [0.29, 0.717) is 5.92 Å². The molecule has 0 aromatic heterocycles. The van der Waals surface area contributed by atoms with Gasteiger partial charge in [-0.15, -0.1) is 4.91 Å². The number of rotatable bonds is 4. The van der Waals surface area contributed by atoms with Crippen molar-refractivity contribution in [2.45, 2.75) is 33.1 Å². The van der Waals surface area contributed by atoms with Crippen molar-refractivity contribution >= 4 is 5.91 Å². The fraction of sp³-hybridized carbons (Fsp3) is 0.462. The Labute approximate surface area is 95.8 Å². The molecule has 0 saturated carbocycles. The summed E-state index contributed by atoms with van der Waals surface area (Å²) in [5, 5.41) is 2.45. The van der Waals surface area contributed by atoms with Crippen molar-refractivity contribution in [2.24, 2.45) is 11.1 Å². The van der Waals surface area contributed by atoms with Crippen molar-refractivity contribution in [1.82, 2.24) is 0 Å². The monoisotopic (exact) mass is 219 g/mol. The van der Waals surface area contributed by atoms with Crippen LogP contribution in [0.1, 0.15) is 37.8 Å². The second kappa shape index (κ2) is 5.54. The van der Waals surface area contributed by atoms with Gasteiger partial charge in [0.2, 0.25) is 0 Å². The molecule has 0 radical (unpaired) electrons. The van der Waals surface area contributed by atoms with Gasteiger partial charge in [-0.05, 0) is 30.4 Å². The highest BCUT2D eigenvalue weighted by molar-refractivity contribution is 5.83. The number of hydrogen-bond donors (Lipinski definition) is 0. The SMILES string of the molecule is CC(C)Cc1ccc([C@H](C)C(=O)N=O)cc1. The maximum absolute atomic E-state index is 11.1. The minimum Gasteiger partial charge on any atom is -0.268 e. The molecule has 0 N–H and O–H groups in total. The molecule has 86 valence electrons. The van der Waals surface area contributed by atoms with Crippen molar-refractivity contribution in [3.05, 3.63) is 40.3 Å². The summed E-state index contributed by atoms with van der Waals surface area (Å²) in [6.07, 6.45) is 1.02. The average Bonchev–Trinajstić information content (AvgIpc) is 2.27. The Morgan fingerprint density at radius 3 is 2.19 bits per heavy atom. The van der Waals surface area contributed by atoms with Crippen LogP contribution in [0.2, 0.25) is 0 Å². The lowest BCUT2D eigenvalue weighted by atomic mass is 9.96. The second-order valence-corrected chi connectivity index (χ2v) is 4.49. The summed E-state index contributed by atoms with van der Waals surface area (Å²) < 4.78 is 0. The molecule has 1 aromatic rings. The van der Waals surface area contributed by atoms with Gasteiger partial charge in [-0.25, -0.2) is 0 Å². The highest BCUT2D eigenvalue weighted by Crippen LogP contribution is 2.18. The van der Waals surface area contributed by atoms with Crippen molar-refractivity contribution in [2.75, 3.05) is 0 Å². The van der Waals surface area contributed by atoms with Crippen LogP contribution in [0.5, 0.6) is 0 Å². The number of nitrogens with zero attached hydrogens (tertiary/aromatic N) is 1. The molecule has 0 spiro atoms. The standard InChI is InChI=1S/C13H17NO2/c1-9(2)8-11-4-6-12(7-5-11)10(3)13(15)14-16/h4-7,9-10H,8H2,1-3H3/t10-/m0/s1. The zero-order valence-corrected chi connectivity index (χ0v) is 9.93. The van der Waals surface area contributed by atoms with Gasteiger partial charge in [-0.1, -0.05) is 38.1 Å². The number of carbonyl (C=O) groups excluding carboxylic acids is 1. The van der Waals surface area contributed by atoms with Crippen LogP contribution in [0, 0.1) is 10.8 Å². The fourth-order valence-electron chi connectivity index (χ4n) is 1.64. The van der Waals surface area contributed by atoms with Gasteiger partial charge < -0.3 is 0 Å². The van der Waals surface area contributed by atoms with E-state index in [1.807, 2.05) is 24.3 Å². The van der Waals surface area contributed by atoms with Crippen molar-refractivity contribution < 1.29 is 4.79 Å². The molecule has 0 saturated heterocycles. The van der Waals surface area contributed by atoms with E-state index in [1.54, 1.807) is 6.92 Å². The minimum absolute atomic E-state index is 0.439. The molecule has 1 aromatic carbocycles. The summed E-state index contributed by atoms with van der Waals surface area (Å²) in [4.78, 5) is 21.2. The first kappa shape index (κ1) is 12.6. The first-order valence-electron chi connectivity index (χ1n) is 5.50. The fourth-order valence-corrected chi connectivity index (χ4v) is 1.64. The van der Waals surface area contributed by atoms with Gasteiger partial charge in [0, 0.05) is 5.18 Å². The molecule has 1 atom stereocenters. The Hall–Kier alpha value is -1.51. The largest absolute Gasteiger partial charge is 0.293 e. The van der Waals surface area contributed by atoms with E-state index in [2.05, 4.69) is 19.0 Å². The molecule has 1 rings (SSSR count). The van der Waals surface area contributed by atoms with Crippen LogP contribution >= 0.6 is 0 Å². The summed E-state index contributed by atoms with van der Waals surface area (Å²) in [7, 11) is 0. The molecule has 3 heteroatoms.